The van der Waals surface area contributed by atoms with E-state index in [1.54, 1.807) is 30.0 Å². The van der Waals surface area contributed by atoms with Crippen molar-refractivity contribution in [1.29, 1.82) is 0 Å². The number of nitrogens with zero attached hydrogens (tertiary/aromatic N) is 2. The minimum Gasteiger partial charge on any atom is -0.471 e. The van der Waals surface area contributed by atoms with Crippen molar-refractivity contribution in [1.82, 2.24) is 9.80 Å². The van der Waals surface area contributed by atoms with E-state index in [-0.39, 0.29) is 30.0 Å². The number of rotatable bonds is 4. The van der Waals surface area contributed by atoms with Gasteiger partial charge in [0, 0.05) is 30.3 Å². The molecule has 37 heavy (non-hydrogen) atoms. The molecule has 2 aliphatic rings. The lowest BCUT2D eigenvalue weighted by Gasteiger charge is -2.41. The van der Waals surface area contributed by atoms with E-state index in [4.69, 9.17) is 9.47 Å². The van der Waals surface area contributed by atoms with Crippen LogP contribution in [0.15, 0.2) is 48.5 Å². The zero-order valence-electron chi connectivity index (χ0n) is 22.5. The van der Waals surface area contributed by atoms with Crippen molar-refractivity contribution in [2.75, 3.05) is 18.4 Å². The molecule has 2 heterocycles. The normalized spacial score (nSPS) is 21.5. The Morgan fingerprint density at radius 2 is 1.86 bits per heavy atom. The fourth-order valence-electron chi connectivity index (χ4n) is 4.95. The second-order valence-electron chi connectivity index (χ2n) is 11.2. The standard InChI is InChI=1S/C29H37N3O5/c1-19(2)32(22-13-10-16-31(18-22)27(35)37-28(3,4)5)25(33)20-14-15-24-23(17-20)30-26(34)29(6,36-24)21-11-8-7-9-12-21/h7-9,11-12,14-15,17,19,22H,10,13,16,18H2,1-6H3,(H,30,34)/t22-,29+/m1/s1. The summed E-state index contributed by atoms with van der Waals surface area (Å²) < 4.78 is 11.7. The summed E-state index contributed by atoms with van der Waals surface area (Å²) in [4.78, 5) is 43.0. The third-order valence-corrected chi connectivity index (χ3v) is 6.78. The molecule has 4 rings (SSSR count). The quantitative estimate of drug-likeness (QED) is 0.616. The molecular weight excluding hydrogens is 470 g/mol. The smallest absolute Gasteiger partial charge is 0.410 e. The average molecular weight is 508 g/mol. The first-order valence-corrected chi connectivity index (χ1v) is 12.9. The van der Waals surface area contributed by atoms with Crippen molar-refractivity contribution in [3.63, 3.8) is 0 Å². The molecule has 0 bridgehead atoms. The highest BCUT2D eigenvalue weighted by Gasteiger charge is 2.42. The molecule has 8 heteroatoms. The van der Waals surface area contributed by atoms with Crippen LogP contribution in [0.4, 0.5) is 10.5 Å². The number of anilines is 1. The summed E-state index contributed by atoms with van der Waals surface area (Å²) in [5.74, 6) is 0.0589. The van der Waals surface area contributed by atoms with E-state index in [9.17, 15) is 14.4 Å². The molecule has 1 N–H and O–H groups in total. The van der Waals surface area contributed by atoms with E-state index >= 15 is 0 Å². The summed E-state index contributed by atoms with van der Waals surface area (Å²) in [5, 5.41) is 2.93. The molecule has 0 spiro atoms. The number of piperidine rings is 1. The van der Waals surface area contributed by atoms with Crippen LogP contribution in [0.3, 0.4) is 0 Å². The number of amides is 3. The monoisotopic (exact) mass is 507 g/mol. The molecule has 0 unspecified atom stereocenters. The number of ether oxygens (including phenoxy) is 2. The van der Waals surface area contributed by atoms with Gasteiger partial charge in [-0.15, -0.1) is 0 Å². The van der Waals surface area contributed by atoms with Gasteiger partial charge in [0.2, 0.25) is 5.60 Å². The van der Waals surface area contributed by atoms with E-state index in [0.29, 0.717) is 30.1 Å². The Bertz CT molecular complexity index is 1170. The predicted octanol–water partition coefficient (Wildman–Crippen LogP) is 5.18. The number of nitrogens with one attached hydrogen (secondary N) is 1. The van der Waals surface area contributed by atoms with Gasteiger partial charge >= 0.3 is 6.09 Å². The lowest BCUT2D eigenvalue weighted by atomic mass is 9.93. The lowest BCUT2D eigenvalue weighted by molar-refractivity contribution is -0.131. The highest BCUT2D eigenvalue weighted by atomic mass is 16.6. The summed E-state index contributed by atoms with van der Waals surface area (Å²) in [7, 11) is 0. The number of likely N-dealkylation sites (tertiary alicyclic amines) is 1. The molecule has 0 radical (unpaired) electrons. The average Bonchev–Trinajstić information content (AvgIpc) is 2.84. The summed E-state index contributed by atoms with van der Waals surface area (Å²) >= 11 is 0. The summed E-state index contributed by atoms with van der Waals surface area (Å²) in [5.41, 5.74) is -0.0852. The summed E-state index contributed by atoms with van der Waals surface area (Å²) in [6.45, 7) is 12.2. The van der Waals surface area contributed by atoms with Crippen LogP contribution in [0.25, 0.3) is 0 Å². The van der Waals surface area contributed by atoms with Crippen LogP contribution >= 0.6 is 0 Å². The second-order valence-corrected chi connectivity index (χ2v) is 11.2. The highest BCUT2D eigenvalue weighted by molar-refractivity contribution is 6.03. The van der Waals surface area contributed by atoms with Crippen molar-refractivity contribution in [3.05, 3.63) is 59.7 Å². The van der Waals surface area contributed by atoms with Gasteiger partial charge in [0.05, 0.1) is 11.7 Å². The van der Waals surface area contributed by atoms with Gasteiger partial charge in [-0.2, -0.15) is 0 Å². The SMILES string of the molecule is CC(C)N(C(=O)c1ccc2c(c1)NC(=O)[C@](C)(c1ccccc1)O2)[C@@H]1CCCN(C(=O)OC(C)(C)C)C1. The predicted molar refractivity (Wildman–Crippen MR) is 142 cm³/mol. The summed E-state index contributed by atoms with van der Waals surface area (Å²) in [6, 6.07) is 14.2. The molecule has 0 aromatic heterocycles. The topological polar surface area (TPSA) is 88.2 Å². The van der Waals surface area contributed by atoms with Gasteiger partial charge in [-0.25, -0.2) is 4.79 Å². The van der Waals surface area contributed by atoms with Crippen LogP contribution in [0.5, 0.6) is 5.75 Å². The van der Waals surface area contributed by atoms with Crippen molar-refractivity contribution in [2.24, 2.45) is 0 Å². The van der Waals surface area contributed by atoms with Gasteiger partial charge in [-0.3, -0.25) is 9.59 Å². The summed E-state index contributed by atoms with van der Waals surface area (Å²) in [6.07, 6.45) is 1.22. The van der Waals surface area contributed by atoms with Crippen molar-refractivity contribution >= 4 is 23.6 Å². The van der Waals surface area contributed by atoms with E-state index < -0.39 is 11.2 Å². The van der Waals surface area contributed by atoms with Gasteiger partial charge in [0.15, 0.2) is 0 Å². The molecule has 2 aromatic carbocycles. The number of carbonyl (C=O) groups excluding carboxylic acids is 3. The maximum atomic E-state index is 13.7. The second kappa shape index (κ2) is 10.1. The molecule has 3 amide bonds. The maximum Gasteiger partial charge on any atom is 0.410 e. The van der Waals surface area contributed by atoms with Gasteiger partial charge in [0.25, 0.3) is 11.8 Å². The van der Waals surface area contributed by atoms with Crippen molar-refractivity contribution in [3.8, 4) is 5.75 Å². The Balaban J connectivity index is 1.54. The van der Waals surface area contributed by atoms with Crippen LogP contribution in [-0.2, 0) is 15.1 Å². The Labute approximate surface area is 218 Å². The molecule has 0 saturated carbocycles. The molecular formula is C29H37N3O5. The first kappa shape index (κ1) is 26.5. The zero-order valence-corrected chi connectivity index (χ0v) is 22.5. The van der Waals surface area contributed by atoms with Crippen LogP contribution < -0.4 is 10.1 Å². The minimum atomic E-state index is -1.17. The molecule has 1 fully saturated rings. The van der Waals surface area contributed by atoms with Crippen molar-refractivity contribution < 1.29 is 23.9 Å². The van der Waals surface area contributed by atoms with E-state index in [1.165, 1.54) is 0 Å². The van der Waals surface area contributed by atoms with Gasteiger partial charge in [-0.05, 0) is 72.6 Å². The third kappa shape index (κ3) is 5.58. The van der Waals surface area contributed by atoms with Crippen molar-refractivity contribution in [2.45, 2.75) is 77.7 Å². The first-order chi connectivity index (χ1) is 17.4. The van der Waals surface area contributed by atoms with Crippen LogP contribution in [0.1, 0.15) is 70.3 Å². The van der Waals surface area contributed by atoms with Gasteiger partial charge in [-0.1, -0.05) is 30.3 Å². The largest absolute Gasteiger partial charge is 0.471 e. The number of benzene rings is 2. The maximum absolute atomic E-state index is 13.7. The Morgan fingerprint density at radius 3 is 2.51 bits per heavy atom. The lowest BCUT2D eigenvalue weighted by Crippen LogP contribution is -2.54. The Morgan fingerprint density at radius 1 is 1.16 bits per heavy atom. The number of carbonyl (C=O) groups is 3. The molecule has 2 atom stereocenters. The molecule has 0 aliphatic carbocycles. The van der Waals surface area contributed by atoms with Gasteiger partial charge in [0.1, 0.15) is 11.4 Å². The van der Waals surface area contributed by atoms with Gasteiger partial charge < -0.3 is 24.6 Å². The zero-order chi connectivity index (χ0) is 27.0. The first-order valence-electron chi connectivity index (χ1n) is 12.9. The van der Waals surface area contributed by atoms with E-state index in [0.717, 1.165) is 18.4 Å². The van der Waals surface area contributed by atoms with Crippen LogP contribution in [0, 0.1) is 0 Å². The number of fused-ring (bicyclic) bond motifs is 1. The molecule has 8 nitrogen and oxygen atoms in total. The molecule has 198 valence electrons. The van der Waals surface area contributed by atoms with Crippen LogP contribution in [0.2, 0.25) is 0 Å². The fourth-order valence-corrected chi connectivity index (χ4v) is 4.95. The Kier molecular flexibility index (Phi) is 7.22. The highest BCUT2D eigenvalue weighted by Crippen LogP contribution is 2.39. The third-order valence-electron chi connectivity index (χ3n) is 6.78. The number of hydrogen-bond acceptors (Lipinski definition) is 5. The number of hydrogen-bond donors (Lipinski definition) is 1. The Hall–Kier alpha value is -3.55. The van der Waals surface area contributed by atoms with E-state index in [2.05, 4.69) is 5.32 Å². The minimum absolute atomic E-state index is 0.0840. The van der Waals surface area contributed by atoms with Crippen LogP contribution in [-0.4, -0.2) is 58.5 Å². The molecule has 1 saturated heterocycles. The molecule has 2 aliphatic heterocycles. The van der Waals surface area contributed by atoms with E-state index in [1.807, 2.05) is 69.9 Å². The fraction of sp³-hybridized carbons (Fsp3) is 0.483. The molecule has 2 aromatic rings.